The maximum Gasteiger partial charge on any atom is 0.222 e. The molecule has 2 atom stereocenters. The molecule has 2 unspecified atom stereocenters. The highest BCUT2D eigenvalue weighted by molar-refractivity contribution is 5.76. The third kappa shape index (κ3) is 5.74. The van der Waals surface area contributed by atoms with Crippen LogP contribution in [-0.4, -0.2) is 65.5 Å². The summed E-state index contributed by atoms with van der Waals surface area (Å²) in [5.74, 6) is 1.77. The van der Waals surface area contributed by atoms with Gasteiger partial charge < -0.3 is 29.2 Å². The smallest absolute Gasteiger partial charge is 0.222 e. The van der Waals surface area contributed by atoms with E-state index in [2.05, 4.69) is 10.2 Å². The van der Waals surface area contributed by atoms with Gasteiger partial charge in [-0.1, -0.05) is 0 Å². The Kier molecular flexibility index (Phi) is 8.19. The van der Waals surface area contributed by atoms with Crippen molar-refractivity contribution < 1.29 is 23.7 Å². The number of nitrogens with one attached hydrogen (secondary N) is 1. The molecule has 7 nitrogen and oxygen atoms in total. The van der Waals surface area contributed by atoms with Crippen molar-refractivity contribution in [2.75, 3.05) is 48.6 Å². The Balaban J connectivity index is 2.09. The summed E-state index contributed by atoms with van der Waals surface area (Å²) >= 11 is 0. The lowest BCUT2D eigenvalue weighted by molar-refractivity contribution is -0.125. The quantitative estimate of drug-likeness (QED) is 0.709. The summed E-state index contributed by atoms with van der Waals surface area (Å²) < 4.78 is 21.9. The molecule has 2 rings (SSSR count). The Labute approximate surface area is 161 Å². The highest BCUT2D eigenvalue weighted by atomic mass is 16.5. The fraction of sp³-hybridized carbons (Fsp3) is 0.650. The average molecular weight is 380 g/mol. The Hall–Kier alpha value is -1.99. The SMILES string of the molecule is COc1cc(C(CNC(=O)CC2CCCCO2)N(C)C)cc(OC)c1OC. The number of likely N-dealkylation sites (N-methyl/N-ethyl adjacent to an activating group) is 1. The zero-order valence-electron chi connectivity index (χ0n) is 17.0. The first-order valence-electron chi connectivity index (χ1n) is 9.34. The molecule has 7 heteroatoms. The van der Waals surface area contributed by atoms with Gasteiger partial charge in [-0.2, -0.15) is 0 Å². The van der Waals surface area contributed by atoms with E-state index in [0.29, 0.717) is 30.2 Å². The van der Waals surface area contributed by atoms with E-state index in [9.17, 15) is 4.79 Å². The van der Waals surface area contributed by atoms with Gasteiger partial charge in [0.25, 0.3) is 0 Å². The molecule has 1 heterocycles. The summed E-state index contributed by atoms with van der Waals surface area (Å²) in [6.45, 7) is 1.24. The second-order valence-corrected chi connectivity index (χ2v) is 6.93. The molecular formula is C20H32N2O5. The van der Waals surface area contributed by atoms with Crippen LogP contribution in [-0.2, 0) is 9.53 Å². The van der Waals surface area contributed by atoms with Gasteiger partial charge in [-0.15, -0.1) is 0 Å². The first-order chi connectivity index (χ1) is 13.0. The van der Waals surface area contributed by atoms with Crippen LogP contribution in [0.25, 0.3) is 0 Å². The minimum absolute atomic E-state index is 0.0150. The number of rotatable bonds is 9. The van der Waals surface area contributed by atoms with Gasteiger partial charge in [-0.05, 0) is 51.1 Å². The highest BCUT2D eigenvalue weighted by Crippen LogP contribution is 2.40. The molecule has 1 aromatic rings. The van der Waals surface area contributed by atoms with Gasteiger partial charge >= 0.3 is 0 Å². The number of hydrogen-bond acceptors (Lipinski definition) is 6. The average Bonchev–Trinajstić information content (AvgIpc) is 2.67. The van der Waals surface area contributed by atoms with Crippen LogP contribution in [0.1, 0.15) is 37.3 Å². The number of methoxy groups -OCH3 is 3. The van der Waals surface area contributed by atoms with Crippen LogP contribution in [0.3, 0.4) is 0 Å². The van der Waals surface area contributed by atoms with E-state index in [1.807, 2.05) is 26.2 Å². The van der Waals surface area contributed by atoms with Gasteiger partial charge in [0.05, 0.1) is 39.9 Å². The standard InChI is InChI=1S/C20H32N2O5/c1-22(2)16(13-21-19(23)12-15-8-6-7-9-27-15)14-10-17(24-3)20(26-5)18(11-14)25-4/h10-11,15-16H,6-9,12-13H2,1-5H3,(H,21,23). The molecule has 1 aliphatic heterocycles. The monoisotopic (exact) mass is 380 g/mol. The Morgan fingerprint density at radius 3 is 2.33 bits per heavy atom. The van der Waals surface area contributed by atoms with Crippen molar-refractivity contribution >= 4 is 5.91 Å². The van der Waals surface area contributed by atoms with Gasteiger partial charge in [0.2, 0.25) is 11.7 Å². The summed E-state index contributed by atoms with van der Waals surface area (Å²) in [4.78, 5) is 14.4. The molecule has 1 aromatic carbocycles. The first kappa shape index (κ1) is 21.3. The molecule has 0 aromatic heterocycles. The second-order valence-electron chi connectivity index (χ2n) is 6.93. The van der Waals surface area contributed by atoms with E-state index >= 15 is 0 Å². The molecular weight excluding hydrogens is 348 g/mol. The minimum atomic E-state index is -0.0325. The zero-order chi connectivity index (χ0) is 19.8. The number of ether oxygens (including phenoxy) is 4. The van der Waals surface area contributed by atoms with Crippen molar-refractivity contribution in [3.63, 3.8) is 0 Å². The third-order valence-corrected chi connectivity index (χ3v) is 4.87. The van der Waals surface area contributed by atoms with Crippen LogP contribution in [0, 0.1) is 0 Å². The Morgan fingerprint density at radius 1 is 1.19 bits per heavy atom. The lowest BCUT2D eigenvalue weighted by Gasteiger charge is -2.27. The van der Waals surface area contributed by atoms with Crippen LogP contribution < -0.4 is 19.5 Å². The largest absolute Gasteiger partial charge is 0.493 e. The van der Waals surface area contributed by atoms with Crippen LogP contribution in [0.2, 0.25) is 0 Å². The maximum atomic E-state index is 12.3. The minimum Gasteiger partial charge on any atom is -0.493 e. The van der Waals surface area contributed by atoms with E-state index in [-0.39, 0.29) is 18.1 Å². The van der Waals surface area contributed by atoms with Gasteiger partial charge in [-0.3, -0.25) is 4.79 Å². The normalized spacial score (nSPS) is 18.1. The van der Waals surface area contributed by atoms with Crippen molar-refractivity contribution in [3.05, 3.63) is 17.7 Å². The molecule has 0 spiro atoms. The Bertz CT molecular complexity index is 589. The zero-order valence-corrected chi connectivity index (χ0v) is 17.0. The molecule has 0 bridgehead atoms. The molecule has 152 valence electrons. The van der Waals surface area contributed by atoms with Gasteiger partial charge in [0.15, 0.2) is 11.5 Å². The lowest BCUT2D eigenvalue weighted by Crippen LogP contribution is -2.36. The van der Waals surface area contributed by atoms with Crippen LogP contribution in [0.15, 0.2) is 12.1 Å². The van der Waals surface area contributed by atoms with Crippen molar-refractivity contribution in [1.82, 2.24) is 10.2 Å². The second kappa shape index (κ2) is 10.4. The highest BCUT2D eigenvalue weighted by Gasteiger charge is 2.22. The molecule has 0 radical (unpaired) electrons. The fourth-order valence-electron chi connectivity index (χ4n) is 3.35. The molecule has 1 fully saturated rings. The van der Waals surface area contributed by atoms with E-state index in [0.717, 1.165) is 31.4 Å². The molecule has 0 saturated carbocycles. The number of carbonyl (C=O) groups excluding carboxylic acids is 1. The summed E-state index contributed by atoms with van der Waals surface area (Å²) in [6, 6.07) is 3.81. The van der Waals surface area contributed by atoms with Crippen molar-refractivity contribution in [1.29, 1.82) is 0 Å². The van der Waals surface area contributed by atoms with Crippen LogP contribution in [0.4, 0.5) is 0 Å². The molecule has 1 amide bonds. The molecule has 27 heavy (non-hydrogen) atoms. The van der Waals surface area contributed by atoms with Crippen molar-refractivity contribution in [3.8, 4) is 17.2 Å². The number of hydrogen-bond donors (Lipinski definition) is 1. The number of carbonyl (C=O) groups is 1. The predicted octanol–water partition coefficient (Wildman–Crippen LogP) is 2.39. The van der Waals surface area contributed by atoms with Crippen molar-refractivity contribution in [2.45, 2.75) is 37.8 Å². The van der Waals surface area contributed by atoms with Gasteiger partial charge in [0.1, 0.15) is 0 Å². The summed E-state index contributed by atoms with van der Waals surface area (Å²) in [6.07, 6.45) is 3.62. The number of benzene rings is 1. The molecule has 0 aliphatic carbocycles. The number of nitrogens with zero attached hydrogens (tertiary/aromatic N) is 1. The summed E-state index contributed by atoms with van der Waals surface area (Å²) in [5, 5.41) is 3.04. The summed E-state index contributed by atoms with van der Waals surface area (Å²) in [7, 11) is 8.72. The lowest BCUT2D eigenvalue weighted by atomic mass is 10.0. The predicted molar refractivity (Wildman–Crippen MR) is 104 cm³/mol. The van der Waals surface area contributed by atoms with Crippen LogP contribution in [0.5, 0.6) is 17.2 Å². The third-order valence-electron chi connectivity index (χ3n) is 4.87. The summed E-state index contributed by atoms with van der Waals surface area (Å²) in [5.41, 5.74) is 0.976. The fourth-order valence-corrected chi connectivity index (χ4v) is 3.35. The Morgan fingerprint density at radius 2 is 1.85 bits per heavy atom. The van der Waals surface area contributed by atoms with Gasteiger partial charge in [0, 0.05) is 13.2 Å². The number of amides is 1. The maximum absolute atomic E-state index is 12.3. The van der Waals surface area contributed by atoms with E-state index in [1.54, 1.807) is 21.3 Å². The van der Waals surface area contributed by atoms with Crippen molar-refractivity contribution in [2.24, 2.45) is 0 Å². The van der Waals surface area contributed by atoms with E-state index in [4.69, 9.17) is 18.9 Å². The topological polar surface area (TPSA) is 69.3 Å². The van der Waals surface area contributed by atoms with Gasteiger partial charge in [-0.25, -0.2) is 0 Å². The van der Waals surface area contributed by atoms with E-state index < -0.39 is 0 Å². The first-order valence-corrected chi connectivity index (χ1v) is 9.34. The van der Waals surface area contributed by atoms with E-state index in [1.165, 1.54) is 0 Å². The van der Waals surface area contributed by atoms with Crippen LogP contribution >= 0.6 is 0 Å². The molecule has 1 saturated heterocycles. The molecule has 1 aliphatic rings. The molecule has 1 N–H and O–H groups in total.